The topological polar surface area (TPSA) is 475 Å². The number of nitro groups is 3. The molecule has 0 saturated carbocycles. The van der Waals surface area contributed by atoms with Crippen LogP contribution in [0.25, 0.3) is 0 Å². The van der Waals surface area contributed by atoms with Gasteiger partial charge in [-0.15, -0.1) is 0 Å². The second kappa shape index (κ2) is 49.0. The van der Waals surface area contributed by atoms with Crippen LogP contribution < -0.4 is 45.4 Å². The second-order valence-electron chi connectivity index (χ2n) is 30.9. The van der Waals surface area contributed by atoms with E-state index >= 15 is 0 Å². The van der Waals surface area contributed by atoms with Gasteiger partial charge in [-0.1, -0.05) is 146 Å². The van der Waals surface area contributed by atoms with E-state index in [0.717, 1.165) is 50.9 Å². The summed E-state index contributed by atoms with van der Waals surface area (Å²) in [6, 6.07) is 59.3. The average Bonchev–Trinajstić information content (AvgIpc) is 1.51. The molecule has 0 bridgehead atoms. The molecule has 10 aromatic carbocycles. The van der Waals surface area contributed by atoms with Crippen molar-refractivity contribution < 1.29 is 89.6 Å². The quantitative estimate of drug-likeness (QED) is 0.00803. The summed E-state index contributed by atoms with van der Waals surface area (Å²) >= 11 is 6.25. The summed E-state index contributed by atoms with van der Waals surface area (Å²) in [5.74, 6) is -3.99. The molecule has 0 fully saturated rings. The predicted octanol–water partition coefficient (Wildman–Crippen LogP) is 16.6. The maximum atomic E-state index is 13.3. The van der Waals surface area contributed by atoms with Crippen molar-refractivity contribution in [2.45, 2.75) is 132 Å². The predicted molar refractivity (Wildman–Crippen MR) is 516 cm³/mol. The van der Waals surface area contributed by atoms with Gasteiger partial charge in [0.25, 0.3) is 60.7 Å². The molecule has 134 heavy (non-hydrogen) atoms. The number of esters is 2. The Kier molecular flexibility index (Phi) is 37.9. The van der Waals surface area contributed by atoms with Gasteiger partial charge in [0.05, 0.1) is 74.0 Å². The van der Waals surface area contributed by atoms with E-state index in [-0.39, 0.29) is 111 Å². The third-order valence-electron chi connectivity index (χ3n) is 21.6. The number of anilines is 5. The lowest BCUT2D eigenvalue weighted by molar-refractivity contribution is -0.385. The normalized spacial score (nSPS) is 13.7. The SMILES string of the molecule is CCNC(=O)c1ccc(CBr)c([N+](=O)[O-])c1.CCNC(=O)c1ccc(CN2CC(CC(=O)O)c3ccccc32)c(NS(=O)(=O)c2ccc(C)cc2)c1.CCNC(=O)c1ccc(CN2CC(CC(=O)OCC)c3ccccc32)c(NS(=O)(=O)c2ccc(C)cc2)c1.CCNC(=O)c1ccc(CN2CC(CC(=O)OCC)c3ccccc32)c([N+](=O)[O-])c1.O=C(O)c1ccc(CBr)c([N+](=O)[O-])c1. The molecule has 13 rings (SSSR count). The fourth-order valence-corrected chi connectivity index (χ4v) is 18.3. The number of nitrogens with zero attached hydrogens (tertiary/aromatic N) is 6. The number of amides is 4. The lowest BCUT2D eigenvalue weighted by Crippen LogP contribution is -2.25. The van der Waals surface area contributed by atoms with Crippen molar-refractivity contribution in [3.63, 3.8) is 0 Å². The van der Waals surface area contributed by atoms with E-state index in [1.165, 1.54) is 36.4 Å². The van der Waals surface area contributed by atoms with Gasteiger partial charge in [0.2, 0.25) is 0 Å². The van der Waals surface area contributed by atoms with E-state index in [9.17, 15) is 90.6 Å². The molecule has 3 atom stereocenters. The number of rotatable bonds is 34. The molecular weight excluding hydrogens is 1900 g/mol. The summed E-state index contributed by atoms with van der Waals surface area (Å²) in [6.45, 7) is 19.7. The van der Waals surface area contributed by atoms with Crippen LogP contribution in [0.5, 0.6) is 0 Å². The van der Waals surface area contributed by atoms with Gasteiger partial charge in [0, 0.05) is 168 Å². The number of carboxylic acid groups (broad SMARTS) is 2. The Morgan fingerprint density at radius 1 is 0.388 bits per heavy atom. The number of carbonyl (C=O) groups excluding carboxylic acids is 6. The summed E-state index contributed by atoms with van der Waals surface area (Å²) < 4.78 is 68.6. The molecule has 10 aromatic rings. The number of nitro benzene ring substituents is 3. The molecule has 3 heterocycles. The molecule has 0 aliphatic carbocycles. The Labute approximate surface area is 792 Å². The highest BCUT2D eigenvalue weighted by molar-refractivity contribution is 9.08. The number of ether oxygens (including phenoxy) is 2. The van der Waals surface area contributed by atoms with E-state index in [1.807, 2.05) is 110 Å². The van der Waals surface area contributed by atoms with Crippen LogP contribution in [-0.4, -0.2) is 148 Å². The summed E-state index contributed by atoms with van der Waals surface area (Å²) in [6.07, 6.45) is 0.542. The van der Waals surface area contributed by atoms with Crippen LogP contribution in [0.3, 0.4) is 0 Å². The molecular formula is C96H104Br2N12O22S2. The Morgan fingerprint density at radius 2 is 0.672 bits per heavy atom. The van der Waals surface area contributed by atoms with Crippen molar-refractivity contribution in [3.8, 4) is 0 Å². The van der Waals surface area contributed by atoms with Crippen LogP contribution in [0.1, 0.15) is 186 Å². The van der Waals surface area contributed by atoms with E-state index in [0.29, 0.717) is 145 Å². The van der Waals surface area contributed by atoms with Crippen LogP contribution in [0, 0.1) is 44.2 Å². The number of hydrogen-bond donors (Lipinski definition) is 8. The van der Waals surface area contributed by atoms with E-state index in [4.69, 9.17) is 14.6 Å². The molecule has 0 saturated heterocycles. The number of carboxylic acids is 2. The zero-order chi connectivity index (χ0) is 97.7. The minimum atomic E-state index is -3.91. The van der Waals surface area contributed by atoms with Crippen LogP contribution >= 0.6 is 31.9 Å². The number of para-hydroxylation sites is 3. The Balaban J connectivity index is 0.000000197. The number of nitrogens with one attached hydrogen (secondary N) is 6. The second-order valence-corrected chi connectivity index (χ2v) is 35.4. The zero-order valence-corrected chi connectivity index (χ0v) is 79.6. The lowest BCUT2D eigenvalue weighted by Gasteiger charge is -2.23. The van der Waals surface area contributed by atoms with Crippen LogP contribution in [-0.2, 0) is 74.2 Å². The van der Waals surface area contributed by atoms with Crippen molar-refractivity contribution >= 4 is 145 Å². The molecule has 0 radical (unpaired) electrons. The number of fused-ring (bicyclic) bond motifs is 3. The molecule has 8 N–H and O–H groups in total. The third kappa shape index (κ3) is 28.1. The van der Waals surface area contributed by atoms with Gasteiger partial charge < -0.3 is 55.7 Å². The van der Waals surface area contributed by atoms with Crippen molar-refractivity contribution in [2.24, 2.45) is 0 Å². The zero-order valence-electron chi connectivity index (χ0n) is 74.8. The minimum Gasteiger partial charge on any atom is -0.481 e. The van der Waals surface area contributed by atoms with E-state index in [2.05, 4.69) is 67.5 Å². The summed E-state index contributed by atoms with van der Waals surface area (Å²) in [4.78, 5) is 133. The molecule has 0 spiro atoms. The molecule has 3 unspecified atom stereocenters. The fraction of sp³-hybridized carbons (Fsp3) is 0.292. The number of aryl methyl sites for hydroxylation is 2. The molecule has 34 nitrogen and oxygen atoms in total. The molecule has 706 valence electrons. The van der Waals surface area contributed by atoms with Crippen LogP contribution in [0.2, 0.25) is 0 Å². The molecule has 38 heteroatoms. The molecule has 3 aliphatic rings. The van der Waals surface area contributed by atoms with Gasteiger partial charge in [-0.3, -0.25) is 73.3 Å². The van der Waals surface area contributed by atoms with E-state index in [1.54, 1.807) is 125 Å². The number of aliphatic carboxylic acids is 1. The van der Waals surface area contributed by atoms with Gasteiger partial charge in [0.15, 0.2) is 0 Å². The molecule has 4 amide bonds. The highest BCUT2D eigenvalue weighted by Crippen LogP contribution is 2.44. The van der Waals surface area contributed by atoms with Crippen LogP contribution in [0.15, 0.2) is 222 Å². The number of alkyl halides is 2. The van der Waals surface area contributed by atoms with Crippen molar-refractivity contribution in [3.05, 3.63) is 326 Å². The number of halogens is 2. The first-order chi connectivity index (χ1) is 64.0. The van der Waals surface area contributed by atoms with Crippen molar-refractivity contribution in [1.82, 2.24) is 21.3 Å². The molecule has 0 aromatic heterocycles. The maximum absolute atomic E-state index is 13.3. The average molecular weight is 2000 g/mol. The van der Waals surface area contributed by atoms with Crippen LogP contribution in [0.4, 0.5) is 45.5 Å². The van der Waals surface area contributed by atoms with Gasteiger partial charge in [-0.2, -0.15) is 0 Å². The largest absolute Gasteiger partial charge is 0.481 e. The lowest BCUT2D eigenvalue weighted by atomic mass is 9.98. The third-order valence-corrected chi connectivity index (χ3v) is 25.5. The number of aromatic carboxylic acids is 1. The van der Waals surface area contributed by atoms with Gasteiger partial charge in [-0.05, 0) is 174 Å². The van der Waals surface area contributed by atoms with Gasteiger partial charge >= 0.3 is 23.9 Å². The minimum absolute atomic E-state index is 0.0105. The number of hydrogen-bond acceptors (Lipinski definition) is 23. The standard InChI is InChI=1S/C29H33N3O5S.C27H29N3O5S.C22H25N3O5.C10H11BrN2O3.C8H6BrNO4/c1-4-30-29(34)21-12-13-22(26(16-21)31-38(35,36)24-14-10-20(3)11-15-24)18-32-19-23(17-28(33)37-5-2)25-8-6-7-9-27(25)32;1-3-28-27(33)19-10-11-20(24(14-19)29-36(34,35)22-12-8-18(2)9-13-22)16-30-17-21(15-26(31)32)23-6-4-5-7-25(23)30;1-3-23-22(27)15-9-10-16(20(11-15)25(28)29)13-24-14-17(12-21(26)30-4-2)18-7-5-6-8-19(18)24;1-2-12-10(14)7-3-4-8(6-11)9(5-7)13(15)16;9-4-6-2-1-5(8(11)12)3-7(6)10(13)14/h6-16,23,31H,4-5,17-19H2,1-3H3,(H,30,34);4-14,21,29H,3,15-17H2,1-2H3,(H,28,33)(H,31,32);5-11,17H,3-4,12-14H2,1-2H3,(H,23,27);3-5H,2,6H2,1H3,(H,12,14);1-3H,4H2,(H,11,12). The Hall–Kier alpha value is -14.0. The first-order valence-electron chi connectivity index (χ1n) is 42.8. The highest BCUT2D eigenvalue weighted by Gasteiger charge is 2.36. The van der Waals surface area contributed by atoms with Crippen molar-refractivity contribution in [2.75, 3.05) is 83.2 Å². The smallest absolute Gasteiger partial charge is 0.335 e. The number of carbonyl (C=O) groups is 8. The first-order valence-corrected chi connectivity index (χ1v) is 48.0. The van der Waals surface area contributed by atoms with Crippen molar-refractivity contribution in [1.29, 1.82) is 0 Å². The summed E-state index contributed by atoms with van der Waals surface area (Å²) in [7, 11) is -7.80. The monoisotopic (exact) mass is 2000 g/mol. The first kappa shape index (κ1) is 104. The Morgan fingerprint density at radius 3 is 0.978 bits per heavy atom. The van der Waals surface area contributed by atoms with Gasteiger partial charge in [0.1, 0.15) is 0 Å². The van der Waals surface area contributed by atoms with E-state index < -0.39 is 46.8 Å². The van der Waals surface area contributed by atoms with Gasteiger partial charge in [-0.25, -0.2) is 21.6 Å². The highest BCUT2D eigenvalue weighted by atomic mass is 79.9. The summed E-state index contributed by atoms with van der Waals surface area (Å²) in [5, 5.41) is 62.4. The fourth-order valence-electron chi connectivity index (χ4n) is 15.2. The number of sulfonamides is 2. The Bertz CT molecular complexity index is 6210. The maximum Gasteiger partial charge on any atom is 0.335 e. The molecule has 3 aliphatic heterocycles. The number of benzene rings is 10. The summed E-state index contributed by atoms with van der Waals surface area (Å²) in [5.41, 5.74) is 12.2.